The Hall–Kier alpha value is -2.80. The first-order chi connectivity index (χ1) is 16.5. The predicted octanol–water partition coefficient (Wildman–Crippen LogP) is 4.84. The van der Waals surface area contributed by atoms with Crippen LogP contribution in [0.3, 0.4) is 0 Å². The van der Waals surface area contributed by atoms with Crippen LogP contribution >= 0.6 is 23.2 Å². The Bertz CT molecular complexity index is 1450. The molecule has 2 atom stereocenters. The first-order valence-corrected chi connectivity index (χ1v) is 12.1. The first-order valence-electron chi connectivity index (χ1n) is 11.4. The van der Waals surface area contributed by atoms with Crippen LogP contribution in [0, 0.1) is 11.8 Å². The van der Waals surface area contributed by atoms with Gasteiger partial charge in [0.2, 0.25) is 0 Å². The van der Waals surface area contributed by atoms with E-state index in [2.05, 4.69) is 11.0 Å². The van der Waals surface area contributed by atoms with Crippen LogP contribution in [0.1, 0.15) is 5.56 Å². The normalized spacial score (nSPS) is 19.8. The van der Waals surface area contributed by atoms with Gasteiger partial charge in [-0.3, -0.25) is 4.79 Å². The number of hydrogen-bond acceptors (Lipinski definition) is 4. The third-order valence-corrected chi connectivity index (χ3v) is 7.79. The summed E-state index contributed by atoms with van der Waals surface area (Å²) in [4.78, 5) is 20.1. The van der Waals surface area contributed by atoms with Crippen molar-refractivity contribution in [1.82, 2.24) is 14.1 Å². The van der Waals surface area contributed by atoms with E-state index >= 15 is 0 Å². The average Bonchev–Trinajstić information content (AvgIpc) is 3.51. The van der Waals surface area contributed by atoms with E-state index in [1.807, 2.05) is 42.3 Å². The third kappa shape index (κ3) is 3.80. The smallest absolute Gasteiger partial charge is 0.251 e. The highest BCUT2D eigenvalue weighted by Gasteiger charge is 2.37. The van der Waals surface area contributed by atoms with Crippen molar-refractivity contribution in [1.29, 1.82) is 0 Å². The maximum atomic E-state index is 13.0. The summed E-state index contributed by atoms with van der Waals surface area (Å²) in [5.74, 6) is 1.21. The van der Waals surface area contributed by atoms with Crippen molar-refractivity contribution in [2.24, 2.45) is 18.9 Å². The van der Waals surface area contributed by atoms with Gasteiger partial charge in [-0.2, -0.15) is 0 Å². The summed E-state index contributed by atoms with van der Waals surface area (Å²) >= 11 is 12.1. The topological polar surface area (TPSA) is 52.3 Å². The lowest BCUT2D eigenvalue weighted by Gasteiger charge is -2.19. The van der Waals surface area contributed by atoms with Crippen LogP contribution in [0.15, 0.2) is 59.8 Å². The molecule has 0 radical (unpaired) electrons. The lowest BCUT2D eigenvalue weighted by Crippen LogP contribution is -2.22. The Kier molecular flexibility index (Phi) is 5.40. The number of anilines is 1. The highest BCUT2D eigenvalue weighted by atomic mass is 35.5. The highest BCUT2D eigenvalue weighted by Crippen LogP contribution is 2.35. The van der Waals surface area contributed by atoms with Crippen LogP contribution < -0.4 is 10.5 Å². The first kappa shape index (κ1) is 21.7. The SMILES string of the molecule is Cn1cc(-c2ccn(Cc3ccc(Cl)c(Cl)c3)c(=O)c2)c2cc(N3C[C@H]4COC[C@H]4C3)cnc21. The Morgan fingerprint density at radius 3 is 2.59 bits per heavy atom. The van der Waals surface area contributed by atoms with Crippen LogP contribution in [0.2, 0.25) is 10.0 Å². The van der Waals surface area contributed by atoms with Gasteiger partial charge in [0, 0.05) is 61.4 Å². The molecule has 0 unspecified atom stereocenters. The molecule has 34 heavy (non-hydrogen) atoms. The van der Waals surface area contributed by atoms with Gasteiger partial charge in [0.05, 0.1) is 41.7 Å². The van der Waals surface area contributed by atoms with E-state index in [9.17, 15) is 4.79 Å². The number of aryl methyl sites for hydroxylation is 1. The van der Waals surface area contributed by atoms with Gasteiger partial charge in [0.25, 0.3) is 5.56 Å². The summed E-state index contributed by atoms with van der Waals surface area (Å²) in [7, 11) is 1.99. The fourth-order valence-electron chi connectivity index (χ4n) is 5.19. The number of nitrogens with zero attached hydrogens (tertiary/aromatic N) is 4. The van der Waals surface area contributed by atoms with Crippen molar-refractivity contribution in [3.05, 3.63) is 81.0 Å². The molecule has 0 bridgehead atoms. The summed E-state index contributed by atoms with van der Waals surface area (Å²) in [6.45, 7) is 4.14. The van der Waals surface area contributed by atoms with E-state index < -0.39 is 0 Å². The molecule has 4 aromatic rings. The number of aromatic nitrogens is 3. The van der Waals surface area contributed by atoms with E-state index in [1.54, 1.807) is 22.8 Å². The molecule has 6 rings (SSSR count). The quantitative estimate of drug-likeness (QED) is 0.407. The monoisotopic (exact) mass is 494 g/mol. The molecule has 6 nitrogen and oxygen atoms in total. The Morgan fingerprint density at radius 2 is 1.85 bits per heavy atom. The van der Waals surface area contributed by atoms with E-state index in [4.69, 9.17) is 32.9 Å². The summed E-state index contributed by atoms with van der Waals surface area (Å²) in [6.07, 6.45) is 5.84. The van der Waals surface area contributed by atoms with Gasteiger partial charge < -0.3 is 18.8 Å². The van der Waals surface area contributed by atoms with Gasteiger partial charge in [0.15, 0.2) is 0 Å². The molecule has 0 saturated carbocycles. The molecule has 174 valence electrons. The largest absolute Gasteiger partial charge is 0.381 e. The summed E-state index contributed by atoms with van der Waals surface area (Å²) in [5, 5.41) is 2.04. The van der Waals surface area contributed by atoms with Crippen LogP contribution in [0.25, 0.3) is 22.2 Å². The predicted molar refractivity (Wildman–Crippen MR) is 136 cm³/mol. The number of ether oxygens (including phenoxy) is 1. The number of hydrogen-bond donors (Lipinski definition) is 0. The van der Waals surface area contributed by atoms with Crippen molar-refractivity contribution in [3.8, 4) is 11.1 Å². The average molecular weight is 495 g/mol. The van der Waals surface area contributed by atoms with Crippen molar-refractivity contribution >= 4 is 39.9 Å². The van der Waals surface area contributed by atoms with Gasteiger partial charge in [-0.05, 0) is 35.4 Å². The standard InChI is InChI=1S/C26H24Cl2N4O2/c1-30-13-22(17-4-5-31(25(33)7-17)10-16-2-3-23(27)24(28)6-16)21-8-20(9-29-26(21)30)32-11-18-14-34-15-19(18)12-32/h2-9,13,18-19H,10-12,14-15H2,1H3/t18-,19+. The minimum Gasteiger partial charge on any atom is -0.381 e. The molecular formula is C26H24Cl2N4O2. The van der Waals surface area contributed by atoms with Gasteiger partial charge >= 0.3 is 0 Å². The number of rotatable bonds is 4. The fourth-order valence-corrected chi connectivity index (χ4v) is 5.51. The molecule has 0 amide bonds. The maximum absolute atomic E-state index is 13.0. The Labute approximate surface area is 207 Å². The molecule has 2 aliphatic rings. The van der Waals surface area contributed by atoms with Crippen molar-refractivity contribution in [3.63, 3.8) is 0 Å². The molecule has 5 heterocycles. The summed E-state index contributed by atoms with van der Waals surface area (Å²) < 4.78 is 9.31. The van der Waals surface area contributed by atoms with Crippen LogP contribution in [0.4, 0.5) is 5.69 Å². The highest BCUT2D eigenvalue weighted by molar-refractivity contribution is 6.42. The molecule has 8 heteroatoms. The second-order valence-corrected chi connectivity index (χ2v) is 10.1. The minimum absolute atomic E-state index is 0.0722. The zero-order chi connectivity index (χ0) is 23.4. The molecule has 1 aromatic carbocycles. The number of fused-ring (bicyclic) bond motifs is 2. The lowest BCUT2D eigenvalue weighted by molar-refractivity contribution is 0.177. The van der Waals surface area contributed by atoms with Crippen LogP contribution in [0.5, 0.6) is 0 Å². The minimum atomic E-state index is -0.0722. The van der Waals surface area contributed by atoms with E-state index in [0.717, 1.165) is 59.7 Å². The lowest BCUT2D eigenvalue weighted by atomic mass is 10.0. The Balaban J connectivity index is 1.32. The van der Waals surface area contributed by atoms with Crippen LogP contribution in [-0.2, 0) is 18.3 Å². The number of pyridine rings is 2. The van der Waals surface area contributed by atoms with Gasteiger partial charge in [-0.15, -0.1) is 0 Å². The van der Waals surface area contributed by atoms with Gasteiger partial charge in [-0.25, -0.2) is 4.98 Å². The zero-order valence-electron chi connectivity index (χ0n) is 18.7. The summed E-state index contributed by atoms with van der Waals surface area (Å²) in [5.41, 5.74) is 4.77. The second kappa shape index (κ2) is 8.45. The maximum Gasteiger partial charge on any atom is 0.251 e. The number of benzene rings is 1. The van der Waals surface area contributed by atoms with Gasteiger partial charge in [-0.1, -0.05) is 29.3 Å². The van der Waals surface area contributed by atoms with Crippen LogP contribution in [-0.4, -0.2) is 40.4 Å². The van der Waals surface area contributed by atoms with Crippen molar-refractivity contribution in [2.45, 2.75) is 6.54 Å². The molecule has 2 aliphatic heterocycles. The summed E-state index contributed by atoms with van der Waals surface area (Å²) in [6, 6.07) is 11.3. The Morgan fingerprint density at radius 1 is 1.06 bits per heavy atom. The third-order valence-electron chi connectivity index (χ3n) is 7.05. The molecule has 2 fully saturated rings. The zero-order valence-corrected chi connectivity index (χ0v) is 20.3. The fraction of sp³-hybridized carbons (Fsp3) is 0.308. The molecule has 3 aromatic heterocycles. The second-order valence-electron chi connectivity index (χ2n) is 9.31. The van der Waals surface area contributed by atoms with Crippen molar-refractivity contribution < 1.29 is 4.74 Å². The van der Waals surface area contributed by atoms with Crippen molar-refractivity contribution in [2.75, 3.05) is 31.2 Å². The van der Waals surface area contributed by atoms with E-state index in [1.165, 1.54) is 0 Å². The van der Waals surface area contributed by atoms with Gasteiger partial charge in [0.1, 0.15) is 5.65 Å². The molecular weight excluding hydrogens is 471 g/mol. The molecule has 0 N–H and O–H groups in total. The molecule has 0 aliphatic carbocycles. The van der Waals surface area contributed by atoms with E-state index in [0.29, 0.717) is 28.4 Å². The molecule has 0 spiro atoms. The van der Waals surface area contributed by atoms with E-state index in [-0.39, 0.29) is 5.56 Å². The molecule has 2 saturated heterocycles. The number of halogens is 2.